The summed E-state index contributed by atoms with van der Waals surface area (Å²) in [5, 5.41) is 27.2. The highest BCUT2D eigenvalue weighted by Gasteiger charge is 2.38. The van der Waals surface area contributed by atoms with E-state index < -0.39 is 36.6 Å². The Morgan fingerprint density at radius 3 is 2.39 bits per heavy atom. The molecule has 1 heterocycles. The van der Waals surface area contributed by atoms with Crippen molar-refractivity contribution in [2.75, 3.05) is 13.2 Å². The summed E-state index contributed by atoms with van der Waals surface area (Å²) in [6.45, 7) is 8.89. The average molecular weight is 331 g/mol. The lowest BCUT2D eigenvalue weighted by atomic mass is 9.92. The number of carbonyl (C=O) groups excluding carboxylic acids is 2. The van der Waals surface area contributed by atoms with E-state index in [0.29, 0.717) is 0 Å². The number of hydrogen-bond acceptors (Lipinski definition) is 6. The minimum atomic E-state index is -1.03. The van der Waals surface area contributed by atoms with E-state index in [2.05, 4.69) is 16.0 Å². The van der Waals surface area contributed by atoms with Crippen LogP contribution in [0.25, 0.3) is 0 Å². The van der Waals surface area contributed by atoms with Crippen molar-refractivity contribution in [2.45, 2.75) is 65.1 Å². The summed E-state index contributed by atoms with van der Waals surface area (Å²) in [6.07, 6.45) is -0.782. The molecule has 23 heavy (non-hydrogen) atoms. The monoisotopic (exact) mass is 331 g/mol. The zero-order chi connectivity index (χ0) is 17.8. The minimum Gasteiger partial charge on any atom is -0.394 e. The molecule has 0 bridgehead atoms. The second kappa shape index (κ2) is 7.57. The summed E-state index contributed by atoms with van der Waals surface area (Å²) >= 11 is 0. The fraction of sp³-hybridized carbons (Fsp3) is 0.867. The van der Waals surface area contributed by atoms with Crippen LogP contribution in [0, 0.1) is 5.41 Å². The van der Waals surface area contributed by atoms with Gasteiger partial charge in [0, 0.05) is 13.0 Å². The standard InChI is InChI=1S/C15H29N3O5/c1-14(2,3)6-11(20)17-10(8-19)12(21)16-7-9-13(22)23-15(4,5)18-9/h9-10,13,18-19,22H,6-8H2,1-5H3,(H,16,21)(H,17,20)/t9-,10?,13?/m1/s1. The lowest BCUT2D eigenvalue weighted by Crippen LogP contribution is -2.53. The van der Waals surface area contributed by atoms with Crippen molar-refractivity contribution in [1.29, 1.82) is 0 Å². The molecule has 0 aliphatic carbocycles. The first-order valence-corrected chi connectivity index (χ1v) is 7.75. The number of aliphatic hydroxyl groups is 2. The molecule has 5 N–H and O–H groups in total. The Morgan fingerprint density at radius 2 is 1.96 bits per heavy atom. The van der Waals surface area contributed by atoms with Crippen LogP contribution < -0.4 is 16.0 Å². The third kappa shape index (κ3) is 6.82. The van der Waals surface area contributed by atoms with Crippen molar-refractivity contribution in [2.24, 2.45) is 5.41 Å². The highest BCUT2D eigenvalue weighted by molar-refractivity contribution is 5.87. The highest BCUT2D eigenvalue weighted by atomic mass is 16.6. The molecule has 1 fully saturated rings. The predicted octanol–water partition coefficient (Wildman–Crippen LogP) is -0.941. The summed E-state index contributed by atoms with van der Waals surface area (Å²) in [5.74, 6) is -0.802. The van der Waals surface area contributed by atoms with Gasteiger partial charge in [-0.05, 0) is 19.3 Å². The Kier molecular flexibility index (Phi) is 6.52. The van der Waals surface area contributed by atoms with Crippen molar-refractivity contribution < 1.29 is 24.5 Å². The molecule has 1 aliphatic heterocycles. The maximum atomic E-state index is 12.1. The van der Waals surface area contributed by atoms with E-state index in [1.54, 1.807) is 13.8 Å². The zero-order valence-electron chi connectivity index (χ0n) is 14.5. The molecule has 0 radical (unpaired) electrons. The van der Waals surface area contributed by atoms with E-state index in [1.165, 1.54) is 0 Å². The largest absolute Gasteiger partial charge is 0.394 e. The molecule has 0 saturated carbocycles. The van der Waals surface area contributed by atoms with Gasteiger partial charge in [0.05, 0.1) is 12.6 Å². The van der Waals surface area contributed by atoms with Crippen LogP contribution in [0.4, 0.5) is 0 Å². The molecule has 2 amide bonds. The van der Waals surface area contributed by atoms with Gasteiger partial charge in [-0.3, -0.25) is 14.9 Å². The molecule has 8 heteroatoms. The van der Waals surface area contributed by atoms with E-state index in [0.717, 1.165) is 0 Å². The molecule has 8 nitrogen and oxygen atoms in total. The molecule has 0 aromatic heterocycles. The number of nitrogens with one attached hydrogen (secondary N) is 3. The lowest BCUT2D eigenvalue weighted by molar-refractivity contribution is -0.133. The van der Waals surface area contributed by atoms with Gasteiger partial charge in [0.1, 0.15) is 11.8 Å². The molecule has 134 valence electrons. The van der Waals surface area contributed by atoms with Crippen LogP contribution in [0.2, 0.25) is 0 Å². The van der Waals surface area contributed by atoms with E-state index in [4.69, 9.17) is 4.74 Å². The van der Waals surface area contributed by atoms with Crippen molar-refractivity contribution in [3.63, 3.8) is 0 Å². The third-order valence-corrected chi connectivity index (χ3v) is 3.31. The Balaban J connectivity index is 2.47. The Hall–Kier alpha value is -1.22. The molecule has 1 rings (SSSR count). The van der Waals surface area contributed by atoms with Gasteiger partial charge in [0.25, 0.3) is 0 Å². The van der Waals surface area contributed by atoms with Crippen molar-refractivity contribution in [3.05, 3.63) is 0 Å². The molecular weight excluding hydrogens is 302 g/mol. The maximum Gasteiger partial charge on any atom is 0.245 e. The number of hydrogen-bond donors (Lipinski definition) is 5. The van der Waals surface area contributed by atoms with Crippen LogP contribution in [0.15, 0.2) is 0 Å². The summed E-state index contributed by atoms with van der Waals surface area (Å²) in [5.41, 5.74) is -0.881. The number of aliphatic hydroxyl groups excluding tert-OH is 2. The second-order valence-corrected chi connectivity index (χ2v) is 7.55. The normalized spacial score (nSPS) is 25.0. The highest BCUT2D eigenvalue weighted by Crippen LogP contribution is 2.19. The lowest BCUT2D eigenvalue weighted by Gasteiger charge is -2.22. The van der Waals surface area contributed by atoms with E-state index in [-0.39, 0.29) is 24.3 Å². The average Bonchev–Trinajstić information content (AvgIpc) is 2.63. The summed E-state index contributed by atoms with van der Waals surface area (Å²) in [7, 11) is 0. The van der Waals surface area contributed by atoms with Crippen molar-refractivity contribution in [1.82, 2.24) is 16.0 Å². The summed E-state index contributed by atoms with van der Waals surface area (Å²) in [4.78, 5) is 23.9. The quantitative estimate of drug-likeness (QED) is 0.428. The van der Waals surface area contributed by atoms with Crippen LogP contribution in [0.1, 0.15) is 41.0 Å². The van der Waals surface area contributed by atoms with Crippen molar-refractivity contribution in [3.8, 4) is 0 Å². The first-order chi connectivity index (χ1) is 10.4. The molecule has 1 saturated heterocycles. The molecular formula is C15H29N3O5. The smallest absolute Gasteiger partial charge is 0.245 e. The molecule has 2 unspecified atom stereocenters. The molecule has 0 aromatic rings. The van der Waals surface area contributed by atoms with Crippen LogP contribution in [-0.4, -0.2) is 59.3 Å². The van der Waals surface area contributed by atoms with Gasteiger partial charge in [-0.1, -0.05) is 20.8 Å². The predicted molar refractivity (Wildman–Crippen MR) is 84.2 cm³/mol. The first-order valence-electron chi connectivity index (χ1n) is 7.75. The number of carbonyl (C=O) groups is 2. The van der Waals surface area contributed by atoms with Crippen LogP contribution >= 0.6 is 0 Å². The SMILES string of the molecule is CC(C)(C)CC(=O)NC(CO)C(=O)NC[C@H]1NC(C)(C)OC1O. The van der Waals surface area contributed by atoms with Gasteiger partial charge in [0.15, 0.2) is 6.29 Å². The van der Waals surface area contributed by atoms with Gasteiger partial charge in [0.2, 0.25) is 11.8 Å². The van der Waals surface area contributed by atoms with E-state index >= 15 is 0 Å². The molecule has 0 spiro atoms. The van der Waals surface area contributed by atoms with Gasteiger partial charge >= 0.3 is 0 Å². The Bertz CT molecular complexity index is 433. The van der Waals surface area contributed by atoms with Gasteiger partial charge in [-0.25, -0.2) is 0 Å². The summed E-state index contributed by atoms with van der Waals surface area (Å²) in [6, 6.07) is -1.48. The Labute approximate surface area is 137 Å². The van der Waals surface area contributed by atoms with E-state index in [1.807, 2.05) is 20.8 Å². The minimum absolute atomic E-state index is 0.120. The number of ether oxygens (including phenoxy) is 1. The fourth-order valence-electron chi connectivity index (χ4n) is 2.34. The second-order valence-electron chi connectivity index (χ2n) is 7.55. The zero-order valence-corrected chi connectivity index (χ0v) is 14.5. The van der Waals surface area contributed by atoms with Crippen LogP contribution in [0.3, 0.4) is 0 Å². The number of rotatable bonds is 6. The van der Waals surface area contributed by atoms with Crippen molar-refractivity contribution >= 4 is 11.8 Å². The fourth-order valence-corrected chi connectivity index (χ4v) is 2.34. The van der Waals surface area contributed by atoms with Crippen LogP contribution in [-0.2, 0) is 14.3 Å². The maximum absolute atomic E-state index is 12.1. The summed E-state index contributed by atoms with van der Waals surface area (Å²) < 4.78 is 5.27. The van der Waals surface area contributed by atoms with Crippen LogP contribution in [0.5, 0.6) is 0 Å². The molecule has 0 aromatic carbocycles. The van der Waals surface area contributed by atoms with E-state index in [9.17, 15) is 19.8 Å². The van der Waals surface area contributed by atoms with Gasteiger partial charge in [-0.2, -0.15) is 0 Å². The third-order valence-electron chi connectivity index (χ3n) is 3.31. The topological polar surface area (TPSA) is 120 Å². The first kappa shape index (κ1) is 19.8. The number of amides is 2. The molecule has 1 aliphatic rings. The Morgan fingerprint density at radius 1 is 1.35 bits per heavy atom. The van der Waals surface area contributed by atoms with Gasteiger partial charge < -0.3 is 25.6 Å². The van der Waals surface area contributed by atoms with Gasteiger partial charge in [-0.15, -0.1) is 0 Å². The molecule has 3 atom stereocenters.